The monoisotopic (exact) mass is 454 g/mol. The predicted molar refractivity (Wildman–Crippen MR) is 117 cm³/mol. The zero-order valence-electron chi connectivity index (χ0n) is 18.7. The standard InChI is InChI=1S/C22H31ClN2O6/c1-21(2,3)17(18(28)24-15(19(29)31-6)11-12-16(26)27)25-20(30)22(4,5)13-7-9-14(23)10-8-13/h7-10,15,17H,11-12H2,1-6H3,(H,24,28)(H,25,30)(H,26,27)/t15-,17-/m1/s1. The molecule has 1 rings (SSSR count). The summed E-state index contributed by atoms with van der Waals surface area (Å²) in [5.74, 6) is -2.85. The minimum Gasteiger partial charge on any atom is -0.481 e. The lowest BCUT2D eigenvalue weighted by Crippen LogP contribution is -2.59. The largest absolute Gasteiger partial charge is 0.481 e. The molecule has 172 valence electrons. The van der Waals surface area contributed by atoms with Gasteiger partial charge in [0.25, 0.3) is 0 Å². The van der Waals surface area contributed by atoms with Crippen LogP contribution in [0, 0.1) is 5.41 Å². The van der Waals surface area contributed by atoms with Crippen molar-refractivity contribution in [2.75, 3.05) is 7.11 Å². The Balaban J connectivity index is 3.07. The topological polar surface area (TPSA) is 122 Å². The molecule has 8 nitrogen and oxygen atoms in total. The number of nitrogens with one attached hydrogen (secondary N) is 2. The summed E-state index contributed by atoms with van der Waals surface area (Å²) >= 11 is 5.93. The van der Waals surface area contributed by atoms with Crippen LogP contribution in [0.1, 0.15) is 53.0 Å². The third-order valence-electron chi connectivity index (χ3n) is 4.99. The van der Waals surface area contributed by atoms with E-state index in [1.54, 1.807) is 58.9 Å². The Morgan fingerprint density at radius 2 is 1.58 bits per heavy atom. The number of carboxylic acid groups (broad SMARTS) is 1. The average Bonchev–Trinajstić information content (AvgIpc) is 2.67. The van der Waals surface area contributed by atoms with Crippen LogP contribution in [0.4, 0.5) is 0 Å². The van der Waals surface area contributed by atoms with Gasteiger partial charge in [0.2, 0.25) is 11.8 Å². The summed E-state index contributed by atoms with van der Waals surface area (Å²) in [6.45, 7) is 8.78. The summed E-state index contributed by atoms with van der Waals surface area (Å²) in [4.78, 5) is 49.0. The van der Waals surface area contributed by atoms with Gasteiger partial charge in [-0.25, -0.2) is 4.79 Å². The second-order valence-electron chi connectivity index (χ2n) is 8.92. The molecule has 9 heteroatoms. The van der Waals surface area contributed by atoms with Crippen molar-refractivity contribution in [3.63, 3.8) is 0 Å². The number of carboxylic acids is 1. The molecule has 2 atom stereocenters. The van der Waals surface area contributed by atoms with Gasteiger partial charge in [0.1, 0.15) is 12.1 Å². The average molecular weight is 455 g/mol. The van der Waals surface area contributed by atoms with Crippen molar-refractivity contribution >= 4 is 35.4 Å². The molecule has 0 bridgehead atoms. The second-order valence-corrected chi connectivity index (χ2v) is 9.36. The van der Waals surface area contributed by atoms with Crippen LogP contribution >= 0.6 is 11.6 Å². The van der Waals surface area contributed by atoms with Gasteiger partial charge in [-0.05, 0) is 43.4 Å². The molecule has 0 unspecified atom stereocenters. The molecular weight excluding hydrogens is 424 g/mol. The van der Waals surface area contributed by atoms with E-state index in [1.165, 1.54) is 0 Å². The first-order valence-electron chi connectivity index (χ1n) is 9.87. The van der Waals surface area contributed by atoms with Crippen molar-refractivity contribution < 1.29 is 29.0 Å². The summed E-state index contributed by atoms with van der Waals surface area (Å²) in [6, 6.07) is 4.73. The SMILES string of the molecule is COC(=O)[C@@H](CCC(=O)O)NC(=O)[C@@H](NC(=O)C(C)(C)c1ccc(Cl)cc1)C(C)(C)C. The van der Waals surface area contributed by atoms with Gasteiger partial charge < -0.3 is 20.5 Å². The van der Waals surface area contributed by atoms with Crippen LogP contribution in [0.2, 0.25) is 5.02 Å². The minimum atomic E-state index is -1.14. The van der Waals surface area contributed by atoms with Crippen LogP contribution in [0.25, 0.3) is 0 Å². The second kappa shape index (κ2) is 10.6. The zero-order valence-corrected chi connectivity index (χ0v) is 19.5. The Kier molecular flexibility index (Phi) is 9.05. The number of carbonyl (C=O) groups excluding carboxylic acids is 3. The van der Waals surface area contributed by atoms with E-state index in [0.717, 1.165) is 12.7 Å². The highest BCUT2D eigenvalue weighted by molar-refractivity contribution is 6.30. The first kappa shape index (κ1) is 26.4. The Morgan fingerprint density at radius 1 is 1.03 bits per heavy atom. The van der Waals surface area contributed by atoms with Gasteiger partial charge >= 0.3 is 11.9 Å². The number of amides is 2. The summed E-state index contributed by atoms with van der Waals surface area (Å²) in [6.07, 6.45) is -0.453. The molecule has 31 heavy (non-hydrogen) atoms. The third-order valence-corrected chi connectivity index (χ3v) is 5.24. The van der Waals surface area contributed by atoms with E-state index in [0.29, 0.717) is 5.02 Å². The molecule has 0 aromatic heterocycles. The molecule has 1 aromatic rings. The molecule has 2 amide bonds. The van der Waals surface area contributed by atoms with Crippen LogP contribution in [-0.4, -0.2) is 48.1 Å². The van der Waals surface area contributed by atoms with E-state index in [-0.39, 0.29) is 18.7 Å². The zero-order chi connectivity index (χ0) is 24.0. The fraction of sp³-hybridized carbons (Fsp3) is 0.545. The van der Waals surface area contributed by atoms with Gasteiger partial charge in [0, 0.05) is 11.4 Å². The predicted octanol–water partition coefficient (Wildman–Crippen LogP) is 2.67. The van der Waals surface area contributed by atoms with Crippen LogP contribution in [0.5, 0.6) is 0 Å². The molecule has 0 spiro atoms. The molecular formula is C22H31ClN2O6. The lowest BCUT2D eigenvalue weighted by atomic mass is 9.81. The number of methoxy groups -OCH3 is 1. The number of aliphatic carboxylic acids is 1. The van der Waals surface area contributed by atoms with E-state index < -0.39 is 40.8 Å². The molecule has 1 aromatic carbocycles. The van der Waals surface area contributed by atoms with Crippen molar-refractivity contribution in [3.8, 4) is 0 Å². The summed E-state index contributed by atoms with van der Waals surface area (Å²) in [5.41, 5.74) is -0.931. The molecule has 3 N–H and O–H groups in total. The lowest BCUT2D eigenvalue weighted by Gasteiger charge is -2.34. The molecule has 0 radical (unpaired) electrons. The van der Waals surface area contributed by atoms with Crippen molar-refractivity contribution in [3.05, 3.63) is 34.9 Å². The highest BCUT2D eigenvalue weighted by atomic mass is 35.5. The molecule has 0 fully saturated rings. The Bertz CT molecular complexity index is 814. The van der Waals surface area contributed by atoms with E-state index in [1.807, 2.05) is 0 Å². The number of hydrogen-bond acceptors (Lipinski definition) is 5. The first-order valence-corrected chi connectivity index (χ1v) is 10.2. The molecule has 0 heterocycles. The van der Waals surface area contributed by atoms with E-state index in [4.69, 9.17) is 16.7 Å². The van der Waals surface area contributed by atoms with Gasteiger partial charge in [0.05, 0.1) is 12.5 Å². The molecule has 0 aliphatic carbocycles. The lowest BCUT2D eigenvalue weighted by molar-refractivity contribution is -0.146. The van der Waals surface area contributed by atoms with Gasteiger partial charge in [-0.1, -0.05) is 44.5 Å². The normalized spacial score (nSPS) is 13.6. The van der Waals surface area contributed by atoms with E-state index >= 15 is 0 Å². The highest BCUT2D eigenvalue weighted by Gasteiger charge is 2.39. The Morgan fingerprint density at radius 3 is 2.03 bits per heavy atom. The van der Waals surface area contributed by atoms with Crippen molar-refractivity contribution in [1.82, 2.24) is 10.6 Å². The number of carbonyl (C=O) groups is 4. The summed E-state index contributed by atoms with van der Waals surface area (Å²) < 4.78 is 4.67. The maximum Gasteiger partial charge on any atom is 0.328 e. The van der Waals surface area contributed by atoms with Gasteiger partial charge in [-0.3, -0.25) is 14.4 Å². The van der Waals surface area contributed by atoms with Crippen LogP contribution in [0.15, 0.2) is 24.3 Å². The molecule has 0 aliphatic rings. The smallest absolute Gasteiger partial charge is 0.328 e. The number of hydrogen-bond donors (Lipinski definition) is 3. The molecule has 0 aliphatic heterocycles. The van der Waals surface area contributed by atoms with Crippen molar-refractivity contribution in [2.45, 2.75) is 65.0 Å². The molecule has 0 saturated carbocycles. The van der Waals surface area contributed by atoms with Crippen molar-refractivity contribution in [2.24, 2.45) is 5.41 Å². The van der Waals surface area contributed by atoms with Gasteiger partial charge in [0.15, 0.2) is 0 Å². The Hall–Kier alpha value is -2.61. The maximum absolute atomic E-state index is 13.1. The fourth-order valence-electron chi connectivity index (χ4n) is 2.90. The van der Waals surface area contributed by atoms with Crippen LogP contribution in [-0.2, 0) is 29.3 Å². The number of esters is 1. The van der Waals surface area contributed by atoms with Crippen molar-refractivity contribution in [1.29, 1.82) is 0 Å². The third kappa shape index (κ3) is 7.54. The number of ether oxygens (including phenoxy) is 1. The fourth-order valence-corrected chi connectivity index (χ4v) is 3.02. The number of rotatable bonds is 9. The first-order chi connectivity index (χ1) is 14.2. The van der Waals surface area contributed by atoms with Crippen LogP contribution in [0.3, 0.4) is 0 Å². The highest BCUT2D eigenvalue weighted by Crippen LogP contribution is 2.27. The number of halogens is 1. The molecule has 0 saturated heterocycles. The Labute approximate surface area is 187 Å². The minimum absolute atomic E-state index is 0.130. The number of benzene rings is 1. The van der Waals surface area contributed by atoms with Gasteiger partial charge in [-0.2, -0.15) is 0 Å². The van der Waals surface area contributed by atoms with Crippen LogP contribution < -0.4 is 10.6 Å². The summed E-state index contributed by atoms with van der Waals surface area (Å²) in [7, 11) is 1.15. The van der Waals surface area contributed by atoms with E-state index in [2.05, 4.69) is 15.4 Å². The quantitative estimate of drug-likeness (QED) is 0.493. The summed E-state index contributed by atoms with van der Waals surface area (Å²) in [5, 5.41) is 14.7. The maximum atomic E-state index is 13.1. The van der Waals surface area contributed by atoms with Gasteiger partial charge in [-0.15, -0.1) is 0 Å². The van der Waals surface area contributed by atoms with E-state index in [9.17, 15) is 19.2 Å².